The number of anilines is 2. The zero-order valence-corrected chi connectivity index (χ0v) is 13.6. The van der Waals surface area contributed by atoms with E-state index in [0.717, 1.165) is 29.9 Å². The van der Waals surface area contributed by atoms with Crippen molar-refractivity contribution in [2.45, 2.75) is 46.1 Å². The van der Waals surface area contributed by atoms with Crippen LogP contribution in [0.4, 0.5) is 11.4 Å². The molecule has 0 bridgehead atoms. The number of carbonyl (C=O) groups excluding carboxylic acids is 2. The highest BCUT2D eigenvalue weighted by Gasteiger charge is 2.24. The molecule has 5 heteroatoms. The second-order valence-corrected chi connectivity index (χ2v) is 6.15. The van der Waals surface area contributed by atoms with Gasteiger partial charge in [0.1, 0.15) is 0 Å². The summed E-state index contributed by atoms with van der Waals surface area (Å²) < 4.78 is 0. The van der Waals surface area contributed by atoms with E-state index in [1.165, 1.54) is 0 Å². The predicted octanol–water partition coefficient (Wildman–Crippen LogP) is 2.30. The van der Waals surface area contributed by atoms with E-state index in [1.807, 2.05) is 36.9 Å². The van der Waals surface area contributed by atoms with Crippen molar-refractivity contribution in [3.05, 3.63) is 23.8 Å². The molecule has 120 valence electrons. The molecule has 3 N–H and O–H groups in total. The molecule has 0 aromatic heterocycles. The van der Waals surface area contributed by atoms with Crippen molar-refractivity contribution in [2.24, 2.45) is 11.7 Å². The molecule has 0 radical (unpaired) electrons. The van der Waals surface area contributed by atoms with Crippen LogP contribution >= 0.6 is 0 Å². The fraction of sp³-hybridized carbons (Fsp3) is 0.529. The summed E-state index contributed by atoms with van der Waals surface area (Å²) in [5.41, 5.74) is 8.67. The van der Waals surface area contributed by atoms with Crippen LogP contribution in [0.5, 0.6) is 0 Å². The maximum absolute atomic E-state index is 12.0. The van der Waals surface area contributed by atoms with Crippen LogP contribution in [0.2, 0.25) is 0 Å². The summed E-state index contributed by atoms with van der Waals surface area (Å²) in [5.74, 6) is 0.0931. The lowest BCUT2D eigenvalue weighted by molar-refractivity contribution is -0.119. The van der Waals surface area contributed by atoms with Gasteiger partial charge in [0, 0.05) is 24.3 Å². The van der Waals surface area contributed by atoms with Crippen LogP contribution in [0.1, 0.15) is 39.2 Å². The van der Waals surface area contributed by atoms with Crippen molar-refractivity contribution in [3.63, 3.8) is 0 Å². The van der Waals surface area contributed by atoms with Gasteiger partial charge in [0.25, 0.3) is 0 Å². The van der Waals surface area contributed by atoms with Gasteiger partial charge in [0.15, 0.2) is 0 Å². The number of amides is 2. The van der Waals surface area contributed by atoms with E-state index < -0.39 is 6.04 Å². The molecule has 0 unspecified atom stereocenters. The Balaban J connectivity index is 2.18. The number of aryl methyl sites for hydroxylation is 1. The molecule has 0 aliphatic carbocycles. The third-order valence-corrected chi connectivity index (χ3v) is 4.02. The molecule has 0 saturated carbocycles. The van der Waals surface area contributed by atoms with Crippen LogP contribution in [0.3, 0.4) is 0 Å². The number of fused-ring (bicyclic) bond motifs is 1. The highest BCUT2D eigenvalue weighted by Crippen LogP contribution is 2.30. The molecule has 0 fully saturated rings. The first-order valence-electron chi connectivity index (χ1n) is 7.93. The highest BCUT2D eigenvalue weighted by molar-refractivity contribution is 5.98. The van der Waals surface area contributed by atoms with Gasteiger partial charge >= 0.3 is 0 Å². The molecule has 5 nitrogen and oxygen atoms in total. The van der Waals surface area contributed by atoms with Crippen LogP contribution < -0.4 is 16.0 Å². The standard InChI is InChI=1S/C17H25N3O2/c1-4-9-20-14-7-6-13(10-12(14)5-8-15(20)21)19-17(22)16(18)11(2)3/h6-7,10-11,16H,4-5,8-9,18H2,1-3H3,(H,19,22)/t16-/m0/s1. The first kappa shape index (κ1) is 16.5. The fourth-order valence-corrected chi connectivity index (χ4v) is 2.63. The van der Waals surface area contributed by atoms with Crippen LogP contribution in [0, 0.1) is 5.92 Å². The van der Waals surface area contributed by atoms with Crippen molar-refractivity contribution in [1.82, 2.24) is 0 Å². The van der Waals surface area contributed by atoms with E-state index in [1.54, 1.807) is 0 Å². The lowest BCUT2D eigenvalue weighted by Gasteiger charge is -2.29. The predicted molar refractivity (Wildman–Crippen MR) is 88.9 cm³/mol. The third-order valence-electron chi connectivity index (χ3n) is 4.02. The molecule has 1 aromatic carbocycles. The van der Waals surface area contributed by atoms with Gasteiger partial charge in [-0.15, -0.1) is 0 Å². The quantitative estimate of drug-likeness (QED) is 0.876. The van der Waals surface area contributed by atoms with Gasteiger partial charge in [-0.2, -0.15) is 0 Å². The van der Waals surface area contributed by atoms with Crippen molar-refractivity contribution < 1.29 is 9.59 Å². The Morgan fingerprint density at radius 2 is 2.09 bits per heavy atom. The van der Waals surface area contributed by atoms with Crippen molar-refractivity contribution in [1.29, 1.82) is 0 Å². The van der Waals surface area contributed by atoms with E-state index in [-0.39, 0.29) is 17.7 Å². The average molecular weight is 303 g/mol. The number of benzene rings is 1. The molecule has 1 aliphatic heterocycles. The van der Waals surface area contributed by atoms with E-state index in [0.29, 0.717) is 12.8 Å². The molecule has 22 heavy (non-hydrogen) atoms. The summed E-state index contributed by atoms with van der Waals surface area (Å²) in [6.07, 6.45) is 2.16. The second-order valence-electron chi connectivity index (χ2n) is 6.15. The van der Waals surface area contributed by atoms with E-state index in [2.05, 4.69) is 12.2 Å². The number of nitrogens with one attached hydrogen (secondary N) is 1. The fourth-order valence-electron chi connectivity index (χ4n) is 2.63. The number of nitrogens with two attached hydrogens (primary N) is 1. The van der Waals surface area contributed by atoms with Crippen molar-refractivity contribution in [3.8, 4) is 0 Å². The maximum Gasteiger partial charge on any atom is 0.241 e. The molecule has 1 atom stereocenters. The second kappa shape index (κ2) is 6.92. The normalized spacial score (nSPS) is 15.7. The molecule has 1 aliphatic rings. The van der Waals surface area contributed by atoms with Gasteiger partial charge in [0.2, 0.25) is 11.8 Å². The Morgan fingerprint density at radius 3 is 2.73 bits per heavy atom. The number of hydrogen-bond donors (Lipinski definition) is 2. The summed E-state index contributed by atoms with van der Waals surface area (Å²) in [4.78, 5) is 25.9. The van der Waals surface area contributed by atoms with Gasteiger partial charge in [-0.1, -0.05) is 20.8 Å². The highest BCUT2D eigenvalue weighted by atomic mass is 16.2. The Hall–Kier alpha value is -1.88. The van der Waals surface area contributed by atoms with Gasteiger partial charge in [-0.3, -0.25) is 9.59 Å². The molecule has 2 amide bonds. The number of carbonyl (C=O) groups is 2. The SMILES string of the molecule is CCCN1C(=O)CCc2cc(NC(=O)[C@@H](N)C(C)C)ccc21. The Morgan fingerprint density at radius 1 is 1.36 bits per heavy atom. The largest absolute Gasteiger partial charge is 0.325 e. The zero-order valence-electron chi connectivity index (χ0n) is 13.6. The molecule has 1 aromatic rings. The number of hydrogen-bond acceptors (Lipinski definition) is 3. The Kier molecular flexibility index (Phi) is 5.19. The first-order valence-corrected chi connectivity index (χ1v) is 7.93. The minimum absolute atomic E-state index is 0.0929. The summed E-state index contributed by atoms with van der Waals surface area (Å²) in [7, 11) is 0. The first-order chi connectivity index (χ1) is 10.4. The molecular formula is C17H25N3O2. The van der Waals surface area contributed by atoms with Crippen LogP contribution in [0.15, 0.2) is 18.2 Å². The van der Waals surface area contributed by atoms with Crippen LogP contribution in [-0.2, 0) is 16.0 Å². The van der Waals surface area contributed by atoms with E-state index in [4.69, 9.17) is 5.73 Å². The lowest BCUT2D eigenvalue weighted by atomic mass is 9.99. The molecule has 0 spiro atoms. The van der Waals surface area contributed by atoms with Crippen LogP contribution in [-0.4, -0.2) is 24.4 Å². The Bertz CT molecular complexity index is 569. The molecule has 2 rings (SSSR count). The average Bonchev–Trinajstić information content (AvgIpc) is 2.49. The summed E-state index contributed by atoms with van der Waals surface area (Å²) in [6.45, 7) is 6.63. The van der Waals surface area contributed by atoms with E-state index in [9.17, 15) is 9.59 Å². The molecule has 1 heterocycles. The minimum atomic E-state index is -0.519. The maximum atomic E-state index is 12.0. The summed E-state index contributed by atoms with van der Waals surface area (Å²) >= 11 is 0. The van der Waals surface area contributed by atoms with Crippen LogP contribution in [0.25, 0.3) is 0 Å². The monoisotopic (exact) mass is 303 g/mol. The van der Waals surface area contributed by atoms with Gasteiger partial charge in [-0.25, -0.2) is 0 Å². The molecular weight excluding hydrogens is 278 g/mol. The zero-order chi connectivity index (χ0) is 16.3. The smallest absolute Gasteiger partial charge is 0.241 e. The topological polar surface area (TPSA) is 75.4 Å². The summed E-state index contributed by atoms with van der Waals surface area (Å²) in [5, 5.41) is 2.86. The molecule has 0 saturated heterocycles. The van der Waals surface area contributed by atoms with Gasteiger partial charge in [0.05, 0.1) is 6.04 Å². The van der Waals surface area contributed by atoms with Gasteiger partial charge < -0.3 is 16.0 Å². The van der Waals surface area contributed by atoms with E-state index >= 15 is 0 Å². The lowest BCUT2D eigenvalue weighted by Crippen LogP contribution is -2.40. The van der Waals surface area contributed by atoms with Crippen molar-refractivity contribution >= 4 is 23.2 Å². The number of nitrogens with zero attached hydrogens (tertiary/aromatic N) is 1. The van der Waals surface area contributed by atoms with Gasteiger partial charge in [-0.05, 0) is 42.5 Å². The summed E-state index contributed by atoms with van der Waals surface area (Å²) in [6, 6.07) is 5.19. The Labute approximate surface area is 131 Å². The third kappa shape index (κ3) is 3.47. The van der Waals surface area contributed by atoms with Crippen molar-refractivity contribution in [2.75, 3.05) is 16.8 Å². The minimum Gasteiger partial charge on any atom is -0.325 e. The number of rotatable bonds is 5.